The van der Waals surface area contributed by atoms with Crippen LogP contribution in [0.3, 0.4) is 0 Å². The molecule has 0 saturated heterocycles. The molecule has 0 amide bonds. The van der Waals surface area contributed by atoms with Crippen LogP contribution in [0.4, 0.5) is 0 Å². The van der Waals surface area contributed by atoms with Gasteiger partial charge in [0.2, 0.25) is 0 Å². The molecule has 0 aromatic carbocycles. The Morgan fingerprint density at radius 1 is 1.28 bits per heavy atom. The fourth-order valence-corrected chi connectivity index (χ4v) is 2.96. The van der Waals surface area contributed by atoms with Gasteiger partial charge in [-0.25, -0.2) is 0 Å². The van der Waals surface area contributed by atoms with Crippen molar-refractivity contribution in [2.45, 2.75) is 46.6 Å². The zero-order chi connectivity index (χ0) is 13.4. The van der Waals surface area contributed by atoms with Gasteiger partial charge in [0.05, 0.1) is 0 Å². The summed E-state index contributed by atoms with van der Waals surface area (Å²) in [6, 6.07) is 2.86. The van der Waals surface area contributed by atoms with Crippen LogP contribution >= 0.6 is 11.3 Å². The highest BCUT2D eigenvalue weighted by atomic mass is 32.1. The monoisotopic (exact) mass is 268 g/mol. The van der Waals surface area contributed by atoms with E-state index in [2.05, 4.69) is 49.4 Å². The van der Waals surface area contributed by atoms with Crippen LogP contribution in [0.1, 0.15) is 50.1 Å². The van der Waals surface area contributed by atoms with Gasteiger partial charge < -0.3 is 10.2 Å². The summed E-state index contributed by atoms with van der Waals surface area (Å²) in [4.78, 5) is 3.91. The summed E-state index contributed by atoms with van der Waals surface area (Å²) < 4.78 is 0. The van der Waals surface area contributed by atoms with Crippen molar-refractivity contribution in [3.05, 3.63) is 21.9 Å². The molecule has 0 aliphatic rings. The van der Waals surface area contributed by atoms with Crippen molar-refractivity contribution in [2.24, 2.45) is 0 Å². The molecule has 0 saturated carbocycles. The first-order valence-electron chi connectivity index (χ1n) is 7.22. The third-order valence-corrected chi connectivity index (χ3v) is 4.30. The van der Waals surface area contributed by atoms with Crippen molar-refractivity contribution in [2.75, 3.05) is 26.2 Å². The van der Waals surface area contributed by atoms with Crippen molar-refractivity contribution >= 4 is 11.3 Å². The van der Waals surface area contributed by atoms with E-state index < -0.39 is 0 Å². The first-order valence-corrected chi connectivity index (χ1v) is 8.09. The zero-order valence-electron chi connectivity index (χ0n) is 12.3. The van der Waals surface area contributed by atoms with E-state index in [1.54, 1.807) is 0 Å². The minimum Gasteiger partial charge on any atom is -0.310 e. The smallest absolute Gasteiger partial charge is 0.0340 e. The molecular weight excluding hydrogens is 240 g/mol. The van der Waals surface area contributed by atoms with Crippen molar-refractivity contribution in [3.8, 4) is 0 Å². The number of thiophene rings is 1. The standard InChI is InChI=1S/C15H28N2S/c1-5-9-16-15(8-10-17(6-2)7-3)14-11-13(4)18-12-14/h11-12,15-16H,5-10H2,1-4H3. The van der Waals surface area contributed by atoms with Gasteiger partial charge in [0.1, 0.15) is 0 Å². The van der Waals surface area contributed by atoms with Gasteiger partial charge in [-0.1, -0.05) is 20.8 Å². The summed E-state index contributed by atoms with van der Waals surface area (Å²) in [6.07, 6.45) is 2.41. The SMILES string of the molecule is CCCNC(CCN(CC)CC)c1csc(C)c1. The van der Waals surface area contributed by atoms with E-state index in [1.165, 1.54) is 29.8 Å². The van der Waals surface area contributed by atoms with E-state index in [0.29, 0.717) is 6.04 Å². The molecule has 0 radical (unpaired) electrons. The molecule has 1 unspecified atom stereocenters. The second-order valence-electron chi connectivity index (χ2n) is 4.81. The van der Waals surface area contributed by atoms with Gasteiger partial charge in [-0.3, -0.25) is 0 Å². The van der Waals surface area contributed by atoms with E-state index >= 15 is 0 Å². The number of nitrogens with zero attached hydrogens (tertiary/aromatic N) is 1. The maximum Gasteiger partial charge on any atom is 0.0340 e. The Labute approximate surface area is 116 Å². The van der Waals surface area contributed by atoms with Gasteiger partial charge in [0.15, 0.2) is 0 Å². The van der Waals surface area contributed by atoms with Crippen LogP contribution < -0.4 is 5.32 Å². The summed E-state index contributed by atoms with van der Waals surface area (Å²) >= 11 is 1.86. The molecule has 0 aliphatic carbocycles. The molecule has 104 valence electrons. The number of hydrogen-bond acceptors (Lipinski definition) is 3. The first-order chi connectivity index (χ1) is 8.71. The Morgan fingerprint density at radius 2 is 2.00 bits per heavy atom. The Bertz CT molecular complexity index is 318. The number of nitrogens with one attached hydrogen (secondary N) is 1. The molecular formula is C15H28N2S. The molecule has 0 bridgehead atoms. The number of rotatable bonds is 9. The lowest BCUT2D eigenvalue weighted by molar-refractivity contribution is 0.282. The fourth-order valence-electron chi connectivity index (χ4n) is 2.20. The molecule has 0 spiro atoms. The molecule has 3 heteroatoms. The highest BCUT2D eigenvalue weighted by molar-refractivity contribution is 7.10. The van der Waals surface area contributed by atoms with Crippen molar-refractivity contribution in [3.63, 3.8) is 0 Å². The second kappa shape index (κ2) is 8.68. The van der Waals surface area contributed by atoms with Crippen molar-refractivity contribution in [1.29, 1.82) is 0 Å². The van der Waals surface area contributed by atoms with Crippen molar-refractivity contribution in [1.82, 2.24) is 10.2 Å². The molecule has 1 atom stereocenters. The quantitative estimate of drug-likeness (QED) is 0.732. The van der Waals surface area contributed by atoms with Gasteiger partial charge in [0.25, 0.3) is 0 Å². The molecule has 0 aliphatic heterocycles. The third-order valence-electron chi connectivity index (χ3n) is 3.42. The van der Waals surface area contributed by atoms with E-state index in [1.807, 2.05) is 11.3 Å². The Kier molecular flexibility index (Phi) is 7.56. The normalized spacial score (nSPS) is 13.2. The minimum atomic E-state index is 0.524. The molecule has 0 fully saturated rings. The molecule has 1 aromatic rings. The summed E-state index contributed by atoms with van der Waals surface area (Å²) in [5, 5.41) is 5.99. The van der Waals surface area contributed by atoms with Crippen LogP contribution in [0, 0.1) is 6.92 Å². The maximum absolute atomic E-state index is 3.68. The largest absolute Gasteiger partial charge is 0.310 e. The predicted molar refractivity (Wildman–Crippen MR) is 82.5 cm³/mol. The van der Waals surface area contributed by atoms with E-state index in [9.17, 15) is 0 Å². The Balaban J connectivity index is 2.55. The van der Waals surface area contributed by atoms with Gasteiger partial charge in [-0.2, -0.15) is 0 Å². The minimum absolute atomic E-state index is 0.524. The molecule has 1 rings (SSSR count). The van der Waals surface area contributed by atoms with Crippen molar-refractivity contribution < 1.29 is 0 Å². The Morgan fingerprint density at radius 3 is 2.50 bits per heavy atom. The van der Waals surface area contributed by atoms with Crippen LogP contribution in [-0.4, -0.2) is 31.1 Å². The Hall–Kier alpha value is -0.380. The average Bonchev–Trinajstić information content (AvgIpc) is 2.80. The van der Waals surface area contributed by atoms with Crippen LogP contribution in [-0.2, 0) is 0 Å². The summed E-state index contributed by atoms with van der Waals surface area (Å²) in [6.45, 7) is 13.5. The summed E-state index contributed by atoms with van der Waals surface area (Å²) in [7, 11) is 0. The third kappa shape index (κ3) is 5.09. The topological polar surface area (TPSA) is 15.3 Å². The number of hydrogen-bond donors (Lipinski definition) is 1. The van der Waals surface area contributed by atoms with E-state index in [4.69, 9.17) is 0 Å². The van der Waals surface area contributed by atoms with Crippen LogP contribution in [0.15, 0.2) is 11.4 Å². The molecule has 1 aromatic heterocycles. The molecule has 18 heavy (non-hydrogen) atoms. The molecule has 1 heterocycles. The molecule has 1 N–H and O–H groups in total. The van der Waals surface area contributed by atoms with Gasteiger partial charge >= 0.3 is 0 Å². The van der Waals surface area contributed by atoms with Gasteiger partial charge in [-0.05, 0) is 63.0 Å². The van der Waals surface area contributed by atoms with Gasteiger partial charge in [0, 0.05) is 10.9 Å². The second-order valence-corrected chi connectivity index (χ2v) is 5.93. The lowest BCUT2D eigenvalue weighted by atomic mass is 10.1. The highest BCUT2D eigenvalue weighted by Crippen LogP contribution is 2.23. The maximum atomic E-state index is 3.68. The average molecular weight is 268 g/mol. The summed E-state index contributed by atoms with van der Waals surface area (Å²) in [5.74, 6) is 0. The van der Waals surface area contributed by atoms with E-state index in [0.717, 1.165) is 19.6 Å². The van der Waals surface area contributed by atoms with Crippen LogP contribution in [0.25, 0.3) is 0 Å². The zero-order valence-corrected chi connectivity index (χ0v) is 13.1. The number of aryl methyl sites for hydroxylation is 1. The highest BCUT2D eigenvalue weighted by Gasteiger charge is 2.13. The first kappa shape index (κ1) is 15.7. The lowest BCUT2D eigenvalue weighted by Crippen LogP contribution is -2.29. The molecule has 2 nitrogen and oxygen atoms in total. The predicted octanol–water partition coefficient (Wildman–Crippen LogP) is 3.83. The fraction of sp³-hybridized carbons (Fsp3) is 0.733. The lowest BCUT2D eigenvalue weighted by Gasteiger charge is -2.23. The van der Waals surface area contributed by atoms with Gasteiger partial charge in [-0.15, -0.1) is 11.3 Å². The summed E-state index contributed by atoms with van der Waals surface area (Å²) in [5.41, 5.74) is 1.47. The van der Waals surface area contributed by atoms with Crippen LogP contribution in [0.2, 0.25) is 0 Å². The van der Waals surface area contributed by atoms with E-state index in [-0.39, 0.29) is 0 Å². The van der Waals surface area contributed by atoms with Crippen LogP contribution in [0.5, 0.6) is 0 Å².